The van der Waals surface area contributed by atoms with Crippen LogP contribution in [-0.4, -0.2) is 17.0 Å². The minimum absolute atomic E-state index is 0.841. The molecule has 2 aromatic rings. The van der Waals surface area contributed by atoms with Crippen molar-refractivity contribution in [1.82, 2.24) is 9.97 Å². The third-order valence-corrected chi connectivity index (χ3v) is 3.31. The number of aryl methyl sites for hydroxylation is 3. The number of aromatic amines is 1. The highest BCUT2D eigenvalue weighted by molar-refractivity contribution is 9.10. The van der Waals surface area contributed by atoms with E-state index in [2.05, 4.69) is 62.4 Å². The molecule has 17 heavy (non-hydrogen) atoms. The summed E-state index contributed by atoms with van der Waals surface area (Å²) in [6.45, 7) is 2.06. The Hall–Kier alpha value is -1.29. The van der Waals surface area contributed by atoms with Gasteiger partial charge in [0.15, 0.2) is 5.95 Å². The van der Waals surface area contributed by atoms with E-state index in [1.54, 1.807) is 0 Å². The van der Waals surface area contributed by atoms with Crippen LogP contribution in [0.1, 0.15) is 17.0 Å². The van der Waals surface area contributed by atoms with Crippen LogP contribution in [-0.2, 0) is 12.8 Å². The SMILES string of the molecule is CNc1nc(CCc2ccc(Br)cc2)c(C)[nH]1. The second kappa shape index (κ2) is 5.36. The molecule has 0 spiro atoms. The Morgan fingerprint density at radius 3 is 2.53 bits per heavy atom. The molecule has 2 N–H and O–H groups in total. The largest absolute Gasteiger partial charge is 0.359 e. The lowest BCUT2D eigenvalue weighted by molar-refractivity contribution is 0.914. The summed E-state index contributed by atoms with van der Waals surface area (Å²) in [5.74, 6) is 0.841. The number of nitrogens with one attached hydrogen (secondary N) is 2. The Labute approximate surface area is 110 Å². The van der Waals surface area contributed by atoms with Gasteiger partial charge in [-0.1, -0.05) is 28.1 Å². The van der Waals surface area contributed by atoms with Crippen LogP contribution in [0.4, 0.5) is 5.95 Å². The first-order chi connectivity index (χ1) is 8.19. The summed E-state index contributed by atoms with van der Waals surface area (Å²) in [4.78, 5) is 7.69. The smallest absolute Gasteiger partial charge is 0.200 e. The minimum Gasteiger partial charge on any atom is -0.359 e. The Bertz CT molecular complexity index is 488. The van der Waals surface area contributed by atoms with Gasteiger partial charge in [0.2, 0.25) is 0 Å². The lowest BCUT2D eigenvalue weighted by Crippen LogP contribution is -1.94. The zero-order chi connectivity index (χ0) is 12.3. The summed E-state index contributed by atoms with van der Waals surface area (Å²) in [7, 11) is 1.87. The maximum Gasteiger partial charge on any atom is 0.200 e. The van der Waals surface area contributed by atoms with Crippen molar-refractivity contribution in [1.29, 1.82) is 0 Å². The third kappa shape index (κ3) is 3.09. The van der Waals surface area contributed by atoms with Crippen molar-refractivity contribution in [2.24, 2.45) is 0 Å². The number of aromatic nitrogens is 2. The summed E-state index contributed by atoms with van der Waals surface area (Å²) >= 11 is 3.44. The number of nitrogens with zero attached hydrogens (tertiary/aromatic N) is 1. The van der Waals surface area contributed by atoms with Crippen molar-refractivity contribution in [3.63, 3.8) is 0 Å². The van der Waals surface area contributed by atoms with Crippen LogP contribution < -0.4 is 5.32 Å². The lowest BCUT2D eigenvalue weighted by atomic mass is 10.1. The summed E-state index contributed by atoms with van der Waals surface area (Å²) in [6, 6.07) is 8.44. The Balaban J connectivity index is 2.01. The maximum absolute atomic E-state index is 4.48. The molecule has 0 bridgehead atoms. The molecule has 0 radical (unpaired) electrons. The van der Waals surface area contributed by atoms with Crippen molar-refractivity contribution in [2.75, 3.05) is 12.4 Å². The maximum atomic E-state index is 4.48. The molecular weight excluding hydrogens is 278 g/mol. The zero-order valence-corrected chi connectivity index (χ0v) is 11.6. The van der Waals surface area contributed by atoms with Gasteiger partial charge < -0.3 is 10.3 Å². The molecule has 4 heteroatoms. The van der Waals surface area contributed by atoms with Gasteiger partial charge in [-0.3, -0.25) is 0 Å². The zero-order valence-electron chi connectivity index (χ0n) is 10.0. The molecule has 1 heterocycles. The van der Waals surface area contributed by atoms with Gasteiger partial charge in [0.05, 0.1) is 5.69 Å². The second-order valence-corrected chi connectivity index (χ2v) is 4.95. The molecule has 0 aliphatic rings. The minimum atomic E-state index is 0.841. The molecule has 2 rings (SSSR count). The van der Waals surface area contributed by atoms with Gasteiger partial charge in [-0.15, -0.1) is 0 Å². The van der Waals surface area contributed by atoms with Crippen molar-refractivity contribution >= 4 is 21.9 Å². The highest BCUT2D eigenvalue weighted by atomic mass is 79.9. The van der Waals surface area contributed by atoms with E-state index >= 15 is 0 Å². The molecule has 0 atom stereocenters. The molecule has 90 valence electrons. The number of hydrogen-bond acceptors (Lipinski definition) is 2. The van der Waals surface area contributed by atoms with Crippen LogP contribution in [0.15, 0.2) is 28.7 Å². The Kier molecular flexibility index (Phi) is 3.84. The predicted molar refractivity (Wildman–Crippen MR) is 74.4 cm³/mol. The molecule has 0 unspecified atom stereocenters. The van der Waals surface area contributed by atoms with Crippen LogP contribution in [0.2, 0.25) is 0 Å². The van der Waals surface area contributed by atoms with Crippen molar-refractivity contribution in [3.8, 4) is 0 Å². The number of anilines is 1. The van der Waals surface area contributed by atoms with E-state index < -0.39 is 0 Å². The summed E-state index contributed by atoms with van der Waals surface area (Å²) < 4.78 is 1.12. The summed E-state index contributed by atoms with van der Waals surface area (Å²) in [5.41, 5.74) is 3.62. The molecule has 1 aromatic heterocycles. The number of halogens is 1. The molecule has 3 nitrogen and oxygen atoms in total. The van der Waals surface area contributed by atoms with E-state index in [1.807, 2.05) is 7.05 Å². The van der Waals surface area contributed by atoms with Gasteiger partial charge in [0.1, 0.15) is 0 Å². The fourth-order valence-electron chi connectivity index (χ4n) is 1.77. The van der Waals surface area contributed by atoms with Crippen molar-refractivity contribution in [2.45, 2.75) is 19.8 Å². The predicted octanol–water partition coefficient (Wildman–Crippen LogP) is 3.31. The molecule has 1 aromatic carbocycles. The highest BCUT2D eigenvalue weighted by Gasteiger charge is 2.05. The fraction of sp³-hybridized carbons (Fsp3) is 0.308. The molecule has 0 saturated heterocycles. The standard InChI is InChI=1S/C13H16BrN3/c1-9-12(17-13(15-2)16-9)8-5-10-3-6-11(14)7-4-10/h3-4,6-7H,5,8H2,1-2H3,(H2,15,16,17). The molecule has 0 fully saturated rings. The fourth-order valence-corrected chi connectivity index (χ4v) is 2.04. The van der Waals surface area contributed by atoms with Gasteiger partial charge in [-0.25, -0.2) is 4.98 Å². The van der Waals surface area contributed by atoms with Crippen LogP contribution in [0.25, 0.3) is 0 Å². The van der Waals surface area contributed by atoms with E-state index in [0.717, 1.165) is 34.7 Å². The Morgan fingerprint density at radius 2 is 1.94 bits per heavy atom. The topological polar surface area (TPSA) is 40.7 Å². The second-order valence-electron chi connectivity index (χ2n) is 4.03. The highest BCUT2D eigenvalue weighted by Crippen LogP contribution is 2.14. The van der Waals surface area contributed by atoms with Gasteiger partial charge >= 0.3 is 0 Å². The monoisotopic (exact) mass is 293 g/mol. The third-order valence-electron chi connectivity index (χ3n) is 2.79. The first-order valence-electron chi connectivity index (χ1n) is 5.66. The quantitative estimate of drug-likeness (QED) is 0.908. The number of rotatable bonds is 4. The first kappa shape index (κ1) is 12.2. The van der Waals surface area contributed by atoms with Gasteiger partial charge in [-0.2, -0.15) is 0 Å². The van der Waals surface area contributed by atoms with E-state index in [9.17, 15) is 0 Å². The molecule has 0 aliphatic carbocycles. The lowest BCUT2D eigenvalue weighted by Gasteiger charge is -2.00. The van der Waals surface area contributed by atoms with E-state index in [4.69, 9.17) is 0 Å². The molecule has 0 saturated carbocycles. The van der Waals surface area contributed by atoms with E-state index in [-0.39, 0.29) is 0 Å². The van der Waals surface area contributed by atoms with E-state index in [0.29, 0.717) is 0 Å². The van der Waals surface area contributed by atoms with Crippen LogP contribution in [0.3, 0.4) is 0 Å². The molecular formula is C13H16BrN3. The first-order valence-corrected chi connectivity index (χ1v) is 6.46. The summed E-state index contributed by atoms with van der Waals surface area (Å²) in [5, 5.41) is 3.02. The molecule has 0 amide bonds. The van der Waals surface area contributed by atoms with Gasteiger partial charge in [-0.05, 0) is 37.5 Å². The number of imidazole rings is 1. The summed E-state index contributed by atoms with van der Waals surface area (Å²) in [6.07, 6.45) is 1.98. The number of hydrogen-bond donors (Lipinski definition) is 2. The average molecular weight is 294 g/mol. The number of benzene rings is 1. The van der Waals surface area contributed by atoms with Gasteiger partial charge in [0.25, 0.3) is 0 Å². The van der Waals surface area contributed by atoms with Crippen molar-refractivity contribution < 1.29 is 0 Å². The van der Waals surface area contributed by atoms with Crippen LogP contribution in [0, 0.1) is 6.92 Å². The van der Waals surface area contributed by atoms with Gasteiger partial charge in [0, 0.05) is 17.2 Å². The van der Waals surface area contributed by atoms with Crippen LogP contribution in [0.5, 0.6) is 0 Å². The van der Waals surface area contributed by atoms with Crippen LogP contribution >= 0.6 is 15.9 Å². The van der Waals surface area contributed by atoms with E-state index in [1.165, 1.54) is 5.56 Å². The Morgan fingerprint density at radius 1 is 1.24 bits per heavy atom. The molecule has 0 aliphatic heterocycles. The normalized spacial score (nSPS) is 10.5. The number of H-pyrrole nitrogens is 1. The van der Waals surface area contributed by atoms with Crippen molar-refractivity contribution in [3.05, 3.63) is 45.7 Å². The average Bonchev–Trinajstić information content (AvgIpc) is 2.69.